The van der Waals surface area contributed by atoms with Crippen molar-refractivity contribution in [2.45, 2.75) is 25.4 Å². The summed E-state index contributed by atoms with van der Waals surface area (Å²) in [5, 5.41) is 2.74. The molecule has 0 aromatic heterocycles. The summed E-state index contributed by atoms with van der Waals surface area (Å²) < 4.78 is 13.8. The summed E-state index contributed by atoms with van der Waals surface area (Å²) in [7, 11) is 1.51. The lowest BCUT2D eigenvalue weighted by molar-refractivity contribution is -0.138. The molecule has 1 atom stereocenters. The van der Waals surface area contributed by atoms with Crippen LogP contribution < -0.4 is 5.32 Å². The number of rotatable bonds is 6. The summed E-state index contributed by atoms with van der Waals surface area (Å²) in [6.45, 7) is 1.46. The second-order valence-electron chi connectivity index (χ2n) is 6.79. The molecule has 4 amide bonds. The third-order valence-corrected chi connectivity index (χ3v) is 5.06. The van der Waals surface area contributed by atoms with Gasteiger partial charge >= 0.3 is 6.03 Å². The van der Waals surface area contributed by atoms with Crippen LogP contribution in [-0.2, 0) is 21.7 Å². The van der Waals surface area contributed by atoms with Crippen molar-refractivity contribution in [3.05, 3.63) is 71.5 Å². The first-order valence-electron chi connectivity index (χ1n) is 9.06. The monoisotopic (exact) mass is 383 g/mol. The van der Waals surface area contributed by atoms with E-state index in [0.717, 1.165) is 4.90 Å². The summed E-state index contributed by atoms with van der Waals surface area (Å²) in [4.78, 5) is 40.3. The fourth-order valence-corrected chi connectivity index (χ4v) is 3.36. The smallest absolute Gasteiger partial charge is 0.325 e. The Hall–Kier alpha value is -3.22. The second-order valence-corrected chi connectivity index (χ2v) is 6.79. The SMILES string of the molecule is CCC1(c2ccccc2)NC(=O)N(CC(=O)N(C)Cc2ccccc2F)C1=O. The molecule has 3 rings (SSSR count). The Morgan fingerprint density at radius 2 is 1.75 bits per heavy atom. The van der Waals surface area contributed by atoms with E-state index >= 15 is 0 Å². The number of carbonyl (C=O) groups is 3. The van der Waals surface area contributed by atoms with Crippen LogP contribution >= 0.6 is 0 Å². The summed E-state index contributed by atoms with van der Waals surface area (Å²) >= 11 is 0. The van der Waals surface area contributed by atoms with Gasteiger partial charge in [0.25, 0.3) is 5.91 Å². The summed E-state index contributed by atoms with van der Waals surface area (Å²) in [5.74, 6) is -1.32. The second kappa shape index (κ2) is 7.80. The first-order chi connectivity index (χ1) is 13.4. The number of likely N-dealkylation sites (N-methyl/N-ethyl adjacent to an activating group) is 1. The zero-order valence-corrected chi connectivity index (χ0v) is 15.8. The average molecular weight is 383 g/mol. The number of hydrogen-bond acceptors (Lipinski definition) is 3. The lowest BCUT2D eigenvalue weighted by atomic mass is 9.87. The van der Waals surface area contributed by atoms with Crippen LogP contribution in [0.15, 0.2) is 54.6 Å². The Labute approximate surface area is 162 Å². The molecule has 1 N–H and O–H groups in total. The van der Waals surface area contributed by atoms with Crippen LogP contribution in [0.2, 0.25) is 0 Å². The Morgan fingerprint density at radius 3 is 2.39 bits per heavy atom. The standard InChI is InChI=1S/C21H22FN3O3/c1-3-21(16-10-5-4-6-11-16)19(27)25(20(28)23-21)14-18(26)24(2)13-15-9-7-8-12-17(15)22/h4-12H,3,13-14H2,1-2H3,(H,23,28). The Kier molecular flexibility index (Phi) is 5.44. The number of urea groups is 1. The predicted octanol–water partition coefficient (Wildman–Crippen LogP) is 2.64. The molecule has 1 unspecified atom stereocenters. The number of benzene rings is 2. The average Bonchev–Trinajstić information content (AvgIpc) is 2.95. The highest BCUT2D eigenvalue weighted by Gasteiger charge is 2.51. The van der Waals surface area contributed by atoms with Crippen LogP contribution in [0.1, 0.15) is 24.5 Å². The maximum Gasteiger partial charge on any atom is 0.325 e. The molecule has 7 heteroatoms. The van der Waals surface area contributed by atoms with E-state index in [4.69, 9.17) is 0 Å². The topological polar surface area (TPSA) is 69.7 Å². The van der Waals surface area contributed by atoms with Crippen molar-refractivity contribution in [2.75, 3.05) is 13.6 Å². The third-order valence-electron chi connectivity index (χ3n) is 5.06. The van der Waals surface area contributed by atoms with Crippen molar-refractivity contribution in [1.29, 1.82) is 0 Å². The van der Waals surface area contributed by atoms with Crippen molar-refractivity contribution in [1.82, 2.24) is 15.1 Å². The molecule has 1 saturated heterocycles. The first-order valence-corrected chi connectivity index (χ1v) is 9.06. The van der Waals surface area contributed by atoms with E-state index in [0.29, 0.717) is 17.5 Å². The molecule has 146 valence electrons. The summed E-state index contributed by atoms with van der Waals surface area (Å²) in [5.41, 5.74) is -0.142. The molecule has 2 aromatic carbocycles. The maximum atomic E-state index is 13.8. The molecular formula is C21H22FN3O3. The Balaban J connectivity index is 1.75. The van der Waals surface area contributed by atoms with E-state index in [1.54, 1.807) is 49.4 Å². The number of amides is 4. The minimum atomic E-state index is -1.18. The minimum absolute atomic E-state index is 0.0484. The zero-order chi connectivity index (χ0) is 20.3. The molecule has 0 aliphatic carbocycles. The van der Waals surface area contributed by atoms with Crippen LogP contribution in [0.25, 0.3) is 0 Å². The number of nitrogens with zero attached hydrogens (tertiary/aromatic N) is 2. The molecule has 0 bridgehead atoms. The van der Waals surface area contributed by atoms with Gasteiger partial charge in [0.1, 0.15) is 17.9 Å². The Morgan fingerprint density at radius 1 is 1.11 bits per heavy atom. The minimum Gasteiger partial charge on any atom is -0.340 e. The molecule has 2 aromatic rings. The molecule has 6 nitrogen and oxygen atoms in total. The van der Waals surface area contributed by atoms with Gasteiger partial charge in [-0.05, 0) is 18.1 Å². The maximum absolute atomic E-state index is 13.8. The molecule has 0 radical (unpaired) electrons. The van der Waals surface area contributed by atoms with Crippen molar-refractivity contribution in [3.8, 4) is 0 Å². The van der Waals surface area contributed by atoms with Gasteiger partial charge in [-0.15, -0.1) is 0 Å². The van der Waals surface area contributed by atoms with E-state index in [1.165, 1.54) is 18.0 Å². The van der Waals surface area contributed by atoms with Gasteiger partial charge < -0.3 is 10.2 Å². The first kappa shape index (κ1) is 19.5. The number of halogens is 1. The number of nitrogens with one attached hydrogen (secondary N) is 1. The highest BCUT2D eigenvalue weighted by atomic mass is 19.1. The van der Waals surface area contributed by atoms with Crippen molar-refractivity contribution >= 4 is 17.8 Å². The third kappa shape index (κ3) is 3.47. The predicted molar refractivity (Wildman–Crippen MR) is 102 cm³/mol. The summed E-state index contributed by atoms with van der Waals surface area (Å²) in [6.07, 6.45) is 0.358. The van der Waals surface area contributed by atoms with Gasteiger partial charge in [0.15, 0.2) is 0 Å². The van der Waals surface area contributed by atoms with Gasteiger partial charge in [0.2, 0.25) is 5.91 Å². The van der Waals surface area contributed by atoms with Crippen LogP contribution in [0.3, 0.4) is 0 Å². The van der Waals surface area contributed by atoms with Crippen LogP contribution in [0, 0.1) is 5.82 Å². The van der Waals surface area contributed by atoms with Crippen LogP contribution in [0.4, 0.5) is 9.18 Å². The van der Waals surface area contributed by atoms with Gasteiger partial charge in [-0.2, -0.15) is 0 Å². The molecule has 1 heterocycles. The fourth-order valence-electron chi connectivity index (χ4n) is 3.36. The van der Waals surface area contributed by atoms with Crippen molar-refractivity contribution < 1.29 is 18.8 Å². The van der Waals surface area contributed by atoms with E-state index in [1.807, 2.05) is 6.07 Å². The lowest BCUT2D eigenvalue weighted by Gasteiger charge is -2.26. The number of carbonyl (C=O) groups excluding carboxylic acids is 3. The molecule has 0 saturated carbocycles. The fraction of sp³-hybridized carbons (Fsp3) is 0.286. The largest absolute Gasteiger partial charge is 0.340 e. The summed E-state index contributed by atoms with van der Waals surface area (Å²) in [6, 6.07) is 14.5. The normalized spacial score (nSPS) is 18.9. The van der Waals surface area contributed by atoms with Crippen LogP contribution in [-0.4, -0.2) is 41.2 Å². The highest BCUT2D eigenvalue weighted by molar-refractivity contribution is 6.09. The molecule has 0 spiro atoms. The van der Waals surface area contributed by atoms with E-state index in [2.05, 4.69) is 5.32 Å². The number of imide groups is 1. The van der Waals surface area contributed by atoms with Gasteiger partial charge in [0.05, 0.1) is 0 Å². The Bertz CT molecular complexity index is 903. The van der Waals surface area contributed by atoms with E-state index in [-0.39, 0.29) is 6.54 Å². The van der Waals surface area contributed by atoms with E-state index < -0.39 is 35.7 Å². The molecular weight excluding hydrogens is 361 g/mol. The van der Waals surface area contributed by atoms with Crippen molar-refractivity contribution in [3.63, 3.8) is 0 Å². The quantitative estimate of drug-likeness (QED) is 0.780. The van der Waals surface area contributed by atoms with Gasteiger partial charge in [-0.3, -0.25) is 14.5 Å². The van der Waals surface area contributed by atoms with Gasteiger partial charge in [-0.1, -0.05) is 55.5 Å². The lowest BCUT2D eigenvalue weighted by Crippen LogP contribution is -2.45. The molecule has 1 aliphatic rings. The highest BCUT2D eigenvalue weighted by Crippen LogP contribution is 2.32. The van der Waals surface area contributed by atoms with Crippen molar-refractivity contribution in [2.24, 2.45) is 0 Å². The number of hydrogen-bond donors (Lipinski definition) is 1. The molecule has 28 heavy (non-hydrogen) atoms. The van der Waals surface area contributed by atoms with E-state index in [9.17, 15) is 18.8 Å². The van der Waals surface area contributed by atoms with Gasteiger partial charge in [-0.25, -0.2) is 9.18 Å². The molecule has 1 aliphatic heterocycles. The van der Waals surface area contributed by atoms with Crippen LogP contribution in [0.5, 0.6) is 0 Å². The zero-order valence-electron chi connectivity index (χ0n) is 15.8. The van der Waals surface area contributed by atoms with Gasteiger partial charge in [0, 0.05) is 19.2 Å². The molecule has 1 fully saturated rings.